The summed E-state index contributed by atoms with van der Waals surface area (Å²) in [6.07, 6.45) is 4.11. The third kappa shape index (κ3) is 5.29. The Balaban J connectivity index is 1.10. The molecule has 3 heterocycles. The third-order valence-electron chi connectivity index (χ3n) is 7.50. The number of carbonyl (C=O) groups is 1. The maximum atomic E-state index is 11.2. The maximum absolute atomic E-state index is 11.2. The number of ether oxygens (including phenoxy) is 1. The van der Waals surface area contributed by atoms with Crippen LogP contribution in [0.3, 0.4) is 0 Å². The van der Waals surface area contributed by atoms with E-state index in [0.29, 0.717) is 33.8 Å². The summed E-state index contributed by atoms with van der Waals surface area (Å²) in [5.74, 6) is 0.246. The van der Waals surface area contributed by atoms with Crippen molar-refractivity contribution in [2.45, 2.75) is 44.3 Å². The highest BCUT2D eigenvalue weighted by Gasteiger charge is 2.34. The highest BCUT2D eigenvalue weighted by Crippen LogP contribution is 2.46. The second kappa shape index (κ2) is 10.7. The van der Waals surface area contributed by atoms with Gasteiger partial charge in [0.2, 0.25) is 0 Å². The number of benzene rings is 2. The van der Waals surface area contributed by atoms with Gasteiger partial charge < -0.3 is 19.3 Å². The molecule has 2 aromatic heterocycles. The van der Waals surface area contributed by atoms with E-state index in [-0.39, 0.29) is 11.8 Å². The van der Waals surface area contributed by atoms with Crippen LogP contribution < -0.4 is 4.90 Å². The van der Waals surface area contributed by atoms with Gasteiger partial charge in [0, 0.05) is 42.9 Å². The molecule has 2 fully saturated rings. The van der Waals surface area contributed by atoms with Gasteiger partial charge in [0.05, 0.1) is 28.5 Å². The zero-order chi connectivity index (χ0) is 27.1. The Morgan fingerprint density at radius 1 is 1.08 bits per heavy atom. The lowest BCUT2D eigenvalue weighted by Crippen LogP contribution is -2.37. The van der Waals surface area contributed by atoms with Gasteiger partial charge in [-0.15, -0.1) is 0 Å². The molecule has 1 saturated heterocycles. The van der Waals surface area contributed by atoms with Gasteiger partial charge in [0.1, 0.15) is 11.5 Å². The van der Waals surface area contributed by atoms with Crippen LogP contribution in [0.25, 0.3) is 22.5 Å². The second-order valence-corrected chi connectivity index (χ2v) is 10.9. The average Bonchev–Trinajstić information content (AvgIpc) is 3.58. The van der Waals surface area contributed by atoms with E-state index in [1.807, 2.05) is 30.3 Å². The van der Waals surface area contributed by atoms with E-state index < -0.39 is 5.97 Å². The standard InChI is InChI=1S/C29H28Cl2N4O4/c1-34-25(15-24(32-34)29(36)37)17-7-9-19(10-8-17)35-13-11-20(12-14-35)38-16-21-27(33-39-28(21)18-5-6-18)26-22(30)3-2-4-23(26)31/h2-4,7-10,15,18,20H,5-6,11-14,16H2,1H3,(H,36,37). The molecule has 2 aromatic carbocycles. The van der Waals surface area contributed by atoms with Crippen LogP contribution in [-0.2, 0) is 18.4 Å². The molecule has 0 spiro atoms. The van der Waals surface area contributed by atoms with Gasteiger partial charge in [-0.3, -0.25) is 4.68 Å². The summed E-state index contributed by atoms with van der Waals surface area (Å²) in [6, 6.07) is 15.2. The number of hydrogen-bond acceptors (Lipinski definition) is 6. The Morgan fingerprint density at radius 3 is 2.38 bits per heavy atom. The zero-order valence-corrected chi connectivity index (χ0v) is 23.0. The summed E-state index contributed by atoms with van der Waals surface area (Å²) in [5, 5.41) is 18.7. The van der Waals surface area contributed by atoms with Crippen LogP contribution in [-0.4, -0.2) is 45.2 Å². The first kappa shape index (κ1) is 25.9. The molecule has 0 amide bonds. The number of aryl methyl sites for hydroxylation is 1. The van der Waals surface area contributed by atoms with Crippen LogP contribution >= 0.6 is 23.2 Å². The number of rotatable bonds is 8. The molecule has 202 valence electrons. The molecule has 0 unspecified atom stereocenters. The van der Waals surface area contributed by atoms with Crippen LogP contribution in [0.1, 0.15) is 53.4 Å². The summed E-state index contributed by atoms with van der Waals surface area (Å²) in [6.45, 7) is 2.16. The SMILES string of the molecule is Cn1nc(C(=O)O)cc1-c1ccc(N2CCC(OCc3c(-c4c(Cl)cccc4Cl)noc3C3CC3)CC2)cc1. The summed E-state index contributed by atoms with van der Waals surface area (Å²) in [5.41, 5.74) is 5.18. The number of halogens is 2. The van der Waals surface area contributed by atoms with E-state index in [1.54, 1.807) is 17.8 Å². The number of aromatic nitrogens is 3. The molecule has 39 heavy (non-hydrogen) atoms. The minimum absolute atomic E-state index is 0.0381. The van der Waals surface area contributed by atoms with Crippen molar-refractivity contribution in [3.8, 4) is 22.5 Å². The van der Waals surface area contributed by atoms with E-state index in [9.17, 15) is 9.90 Å². The Morgan fingerprint density at radius 2 is 1.77 bits per heavy atom. The number of carboxylic acid groups (broad SMARTS) is 1. The Kier molecular flexibility index (Phi) is 7.10. The molecule has 1 N–H and O–H groups in total. The van der Waals surface area contributed by atoms with Crippen molar-refractivity contribution in [3.05, 3.63) is 75.6 Å². The molecule has 4 aromatic rings. The minimum Gasteiger partial charge on any atom is -0.476 e. The molecule has 1 aliphatic carbocycles. The summed E-state index contributed by atoms with van der Waals surface area (Å²) in [7, 11) is 1.75. The fourth-order valence-corrected chi connectivity index (χ4v) is 5.79. The zero-order valence-electron chi connectivity index (χ0n) is 21.4. The van der Waals surface area contributed by atoms with Gasteiger partial charge in [-0.1, -0.05) is 46.6 Å². The van der Waals surface area contributed by atoms with Gasteiger partial charge >= 0.3 is 5.97 Å². The van der Waals surface area contributed by atoms with Crippen LogP contribution in [0.15, 0.2) is 53.1 Å². The number of anilines is 1. The van der Waals surface area contributed by atoms with Crippen LogP contribution in [0, 0.1) is 0 Å². The maximum Gasteiger partial charge on any atom is 0.356 e. The Hall–Kier alpha value is -3.33. The number of aromatic carboxylic acids is 1. The fraction of sp³-hybridized carbons (Fsp3) is 0.345. The highest BCUT2D eigenvalue weighted by atomic mass is 35.5. The summed E-state index contributed by atoms with van der Waals surface area (Å²) < 4.78 is 13.8. The van der Waals surface area contributed by atoms with Crippen LogP contribution in [0.4, 0.5) is 5.69 Å². The first-order valence-corrected chi connectivity index (χ1v) is 13.8. The number of carboxylic acids is 1. The molecular formula is C29H28Cl2N4O4. The number of hydrogen-bond donors (Lipinski definition) is 1. The fourth-order valence-electron chi connectivity index (χ4n) is 5.22. The highest BCUT2D eigenvalue weighted by molar-refractivity contribution is 6.39. The molecule has 1 saturated carbocycles. The van der Waals surface area contributed by atoms with Crippen molar-refractivity contribution in [1.82, 2.24) is 14.9 Å². The van der Waals surface area contributed by atoms with E-state index in [4.69, 9.17) is 32.5 Å². The predicted octanol–water partition coefficient (Wildman–Crippen LogP) is 6.81. The van der Waals surface area contributed by atoms with E-state index in [0.717, 1.165) is 67.0 Å². The van der Waals surface area contributed by atoms with Gasteiger partial charge in [-0.25, -0.2) is 4.79 Å². The van der Waals surface area contributed by atoms with Gasteiger partial charge in [-0.2, -0.15) is 5.10 Å². The average molecular weight is 567 g/mol. The lowest BCUT2D eigenvalue weighted by molar-refractivity contribution is 0.0246. The second-order valence-electron chi connectivity index (χ2n) is 10.1. The molecule has 0 bridgehead atoms. The predicted molar refractivity (Wildman–Crippen MR) is 150 cm³/mol. The quantitative estimate of drug-likeness (QED) is 0.250. The number of piperidine rings is 1. The van der Waals surface area contributed by atoms with Crippen LogP contribution in [0.2, 0.25) is 10.0 Å². The van der Waals surface area contributed by atoms with Gasteiger partial charge in [0.25, 0.3) is 0 Å². The lowest BCUT2D eigenvalue weighted by Gasteiger charge is -2.33. The molecule has 0 atom stereocenters. The first-order valence-electron chi connectivity index (χ1n) is 13.1. The largest absolute Gasteiger partial charge is 0.476 e. The third-order valence-corrected chi connectivity index (χ3v) is 8.13. The molecule has 8 nitrogen and oxygen atoms in total. The van der Waals surface area contributed by atoms with Gasteiger partial charge in [0.15, 0.2) is 5.69 Å². The number of nitrogens with zero attached hydrogens (tertiary/aromatic N) is 4. The Bertz CT molecular complexity index is 1480. The van der Waals surface area contributed by atoms with Gasteiger partial charge in [-0.05, 0) is 61.6 Å². The lowest BCUT2D eigenvalue weighted by atomic mass is 10.0. The topological polar surface area (TPSA) is 93.6 Å². The van der Waals surface area contributed by atoms with Crippen molar-refractivity contribution in [1.29, 1.82) is 0 Å². The van der Waals surface area contributed by atoms with Crippen molar-refractivity contribution in [2.24, 2.45) is 7.05 Å². The monoisotopic (exact) mass is 566 g/mol. The Labute approximate surface area is 236 Å². The molecule has 0 radical (unpaired) electrons. The summed E-state index contributed by atoms with van der Waals surface area (Å²) >= 11 is 13.0. The molecule has 1 aliphatic heterocycles. The summed E-state index contributed by atoms with van der Waals surface area (Å²) in [4.78, 5) is 13.6. The van der Waals surface area contributed by atoms with E-state index >= 15 is 0 Å². The van der Waals surface area contributed by atoms with Crippen molar-refractivity contribution in [3.63, 3.8) is 0 Å². The smallest absolute Gasteiger partial charge is 0.356 e. The van der Waals surface area contributed by atoms with E-state index in [2.05, 4.69) is 27.3 Å². The van der Waals surface area contributed by atoms with Crippen LogP contribution in [0.5, 0.6) is 0 Å². The normalized spacial score (nSPS) is 16.1. The van der Waals surface area contributed by atoms with E-state index in [1.165, 1.54) is 0 Å². The first-order chi connectivity index (χ1) is 18.9. The van der Waals surface area contributed by atoms with Crippen molar-refractivity contribution >= 4 is 34.9 Å². The molecule has 10 heteroatoms. The molecule has 6 rings (SSSR count). The van der Waals surface area contributed by atoms with Crippen molar-refractivity contribution < 1.29 is 19.2 Å². The van der Waals surface area contributed by atoms with Crippen molar-refractivity contribution in [2.75, 3.05) is 18.0 Å². The minimum atomic E-state index is -1.03. The molecular weight excluding hydrogens is 539 g/mol. The molecule has 2 aliphatic rings.